The minimum absolute atomic E-state index is 0.114. The Morgan fingerprint density at radius 1 is 0.168 bits per heavy atom. The van der Waals surface area contributed by atoms with Crippen LogP contribution in [-0.4, -0.2) is 0 Å². The van der Waals surface area contributed by atoms with E-state index in [4.69, 9.17) is 0 Å². The summed E-state index contributed by atoms with van der Waals surface area (Å²) in [5.74, 6) is 0. The number of aryl methyl sites for hydroxylation is 2. The minimum atomic E-state index is -0.123. The maximum Gasteiger partial charge on any atom is 0.0540 e. The van der Waals surface area contributed by atoms with Crippen molar-refractivity contribution in [3.63, 3.8) is 0 Å². The van der Waals surface area contributed by atoms with E-state index in [2.05, 4.69) is 488 Å². The zero-order chi connectivity index (χ0) is 80.7. The monoisotopic (exact) mass is 1530 g/mol. The van der Waals surface area contributed by atoms with Crippen molar-refractivity contribution in [2.24, 2.45) is 0 Å². The van der Waals surface area contributed by atoms with Gasteiger partial charge in [-0.15, -0.1) is 0 Å². The summed E-state index contributed by atoms with van der Waals surface area (Å²) in [6.45, 7) is 18.7. The SMILES string of the molecule is Cc1cc(N(c2ccc3c(c2)C(C)(C)c2ccccc2-3)c2cccc3ccccc23)ccc1N(c1ccc2c(c1)C(C)(C)c1ccccc1-2)c1cccc2ccccc12.Cc1cc(N(c2cccc(-c3ccccc3)c2)c2ccc3c(c2)C(C)(C)c2ccccc2-3)ccc1N(c1cccc(-c2ccccc2)c1)c1cccc(-c2ccccc2)c1. The van der Waals surface area contributed by atoms with Crippen LogP contribution in [0.2, 0.25) is 0 Å². The van der Waals surface area contributed by atoms with Crippen LogP contribution in [0.4, 0.5) is 68.2 Å². The average Bonchev–Trinajstić information content (AvgIpc) is 1.56. The number of hydrogen-bond acceptors (Lipinski definition) is 4. The van der Waals surface area contributed by atoms with Gasteiger partial charge in [-0.1, -0.05) is 333 Å². The molecule has 3 aliphatic carbocycles. The highest BCUT2D eigenvalue weighted by atomic mass is 15.2. The molecule has 119 heavy (non-hydrogen) atoms. The predicted octanol–water partition coefficient (Wildman–Crippen LogP) is 32.1. The number of benzene rings is 18. The molecule has 4 heteroatoms. The van der Waals surface area contributed by atoms with Gasteiger partial charge in [-0.25, -0.2) is 0 Å². The fraction of sp³-hybridized carbons (Fsp3) is 0.0957. The van der Waals surface area contributed by atoms with Gasteiger partial charge in [0.15, 0.2) is 0 Å². The summed E-state index contributed by atoms with van der Waals surface area (Å²) in [6, 6.07) is 151. The second-order valence-corrected chi connectivity index (χ2v) is 33.7. The molecular formula is C115H92N4. The van der Waals surface area contributed by atoms with Crippen LogP contribution in [0.3, 0.4) is 0 Å². The van der Waals surface area contributed by atoms with Gasteiger partial charge < -0.3 is 19.6 Å². The summed E-state index contributed by atoms with van der Waals surface area (Å²) in [6.07, 6.45) is 0. The smallest absolute Gasteiger partial charge is 0.0540 e. The summed E-state index contributed by atoms with van der Waals surface area (Å²) in [5.41, 5.74) is 38.9. The average molecular weight is 1530 g/mol. The van der Waals surface area contributed by atoms with E-state index in [1.807, 2.05) is 0 Å². The first-order valence-corrected chi connectivity index (χ1v) is 41.7. The molecule has 0 fully saturated rings. The van der Waals surface area contributed by atoms with Crippen molar-refractivity contribution >= 4 is 89.8 Å². The summed E-state index contributed by atoms with van der Waals surface area (Å²) in [5, 5.41) is 4.89. The molecule has 18 aromatic rings. The zero-order valence-electron chi connectivity index (χ0n) is 68.5. The van der Waals surface area contributed by atoms with E-state index < -0.39 is 0 Å². The van der Waals surface area contributed by atoms with Gasteiger partial charge in [0.2, 0.25) is 0 Å². The van der Waals surface area contributed by atoms with E-state index in [1.54, 1.807) is 0 Å². The van der Waals surface area contributed by atoms with E-state index in [-0.39, 0.29) is 16.2 Å². The van der Waals surface area contributed by atoms with Gasteiger partial charge in [0.25, 0.3) is 0 Å². The summed E-state index contributed by atoms with van der Waals surface area (Å²) in [7, 11) is 0. The predicted molar refractivity (Wildman–Crippen MR) is 505 cm³/mol. The van der Waals surface area contributed by atoms with E-state index in [0.29, 0.717) is 0 Å². The Morgan fingerprint density at radius 2 is 0.429 bits per heavy atom. The van der Waals surface area contributed by atoms with Crippen LogP contribution in [0.5, 0.6) is 0 Å². The summed E-state index contributed by atoms with van der Waals surface area (Å²) >= 11 is 0. The van der Waals surface area contributed by atoms with Gasteiger partial charge in [-0.2, -0.15) is 0 Å². The van der Waals surface area contributed by atoms with E-state index >= 15 is 0 Å². The molecule has 0 unspecified atom stereocenters. The molecule has 21 rings (SSSR count). The van der Waals surface area contributed by atoms with Crippen molar-refractivity contribution in [1.82, 2.24) is 0 Å². The Balaban J connectivity index is 0.000000152. The van der Waals surface area contributed by atoms with Gasteiger partial charge in [0.05, 0.1) is 11.4 Å². The number of hydrogen-bond donors (Lipinski definition) is 0. The molecule has 0 aliphatic heterocycles. The molecule has 4 nitrogen and oxygen atoms in total. The lowest BCUT2D eigenvalue weighted by Crippen LogP contribution is -2.18. The Kier molecular flexibility index (Phi) is 18.4. The van der Waals surface area contributed by atoms with E-state index in [9.17, 15) is 0 Å². The lowest BCUT2D eigenvalue weighted by molar-refractivity contribution is 0.660. The normalized spacial score (nSPS) is 13.2. The van der Waals surface area contributed by atoms with Crippen LogP contribution in [-0.2, 0) is 16.2 Å². The van der Waals surface area contributed by atoms with Gasteiger partial charge in [-0.05, 0) is 257 Å². The molecule has 0 saturated carbocycles. The fourth-order valence-electron chi connectivity index (χ4n) is 19.4. The van der Waals surface area contributed by atoms with Crippen LogP contribution in [0.1, 0.15) is 86.1 Å². The molecule has 0 aromatic heterocycles. The Labute approximate surface area is 700 Å². The maximum atomic E-state index is 2.48. The highest BCUT2D eigenvalue weighted by Crippen LogP contribution is 2.56. The number of anilines is 12. The van der Waals surface area contributed by atoms with Crippen molar-refractivity contribution < 1.29 is 0 Å². The van der Waals surface area contributed by atoms with E-state index in [0.717, 1.165) is 62.6 Å². The largest absolute Gasteiger partial charge is 0.310 e. The number of rotatable bonds is 15. The fourth-order valence-corrected chi connectivity index (χ4v) is 19.4. The molecular weight excluding hydrogens is 1440 g/mol. The summed E-state index contributed by atoms with van der Waals surface area (Å²) < 4.78 is 0. The molecule has 18 aromatic carbocycles. The third-order valence-electron chi connectivity index (χ3n) is 25.5. The zero-order valence-corrected chi connectivity index (χ0v) is 68.5. The standard InChI is InChI=1S/C58H46N2.C57H46N2/c1-41-36-51(33-35-57(41)60(49-28-16-25-46(38-49)43-20-9-5-10-21-43)50-29-17-26-47(39-50)44-22-11-6-12-23-44)59(48-27-15-24-45(37-48)42-18-7-4-8-19-42)52-32-34-54-53-30-13-14-31-55(53)58(2,3)56(54)40-52;1-37-34-40(58(54-26-14-18-38-16-6-8-20-43(38)54)41-28-31-47-45-22-10-12-24-49(45)56(2,3)51(47)35-41)30-33-53(37)59(55-27-15-19-39-17-7-9-21-44(39)55)42-29-32-48-46-23-11-13-25-50(46)57(4,5)52(48)36-42/h4-40H,1-3H3;6-36H,1-5H3. The van der Waals surface area contributed by atoms with Crippen molar-refractivity contribution in [3.05, 3.63) is 457 Å². The Hall–Kier alpha value is -14.3. The van der Waals surface area contributed by atoms with Crippen molar-refractivity contribution in [1.29, 1.82) is 0 Å². The Morgan fingerprint density at radius 3 is 0.832 bits per heavy atom. The van der Waals surface area contributed by atoms with Crippen LogP contribution in [0, 0.1) is 13.8 Å². The van der Waals surface area contributed by atoms with Gasteiger partial charge in [0, 0.05) is 83.9 Å². The molecule has 3 aliphatic rings. The van der Waals surface area contributed by atoms with Crippen LogP contribution in [0.15, 0.2) is 413 Å². The Bertz CT molecular complexity index is 6860. The first-order chi connectivity index (χ1) is 58.1. The molecule has 572 valence electrons. The van der Waals surface area contributed by atoms with Gasteiger partial charge >= 0.3 is 0 Å². The first kappa shape index (κ1) is 73.6. The van der Waals surface area contributed by atoms with Crippen molar-refractivity contribution in [2.45, 2.75) is 71.6 Å². The molecule has 0 heterocycles. The lowest BCUT2D eigenvalue weighted by Gasteiger charge is -2.32. The van der Waals surface area contributed by atoms with Crippen molar-refractivity contribution in [3.8, 4) is 66.8 Å². The lowest BCUT2D eigenvalue weighted by atomic mass is 9.82. The summed E-state index contributed by atoms with van der Waals surface area (Å²) in [4.78, 5) is 9.79. The minimum Gasteiger partial charge on any atom is -0.310 e. The van der Waals surface area contributed by atoms with Crippen molar-refractivity contribution in [2.75, 3.05) is 19.6 Å². The maximum absolute atomic E-state index is 2.48. The first-order valence-electron chi connectivity index (χ1n) is 41.7. The molecule has 0 radical (unpaired) electrons. The van der Waals surface area contributed by atoms with Gasteiger partial charge in [0.1, 0.15) is 0 Å². The number of fused-ring (bicyclic) bond motifs is 11. The molecule has 0 bridgehead atoms. The third kappa shape index (κ3) is 13.0. The van der Waals surface area contributed by atoms with Gasteiger partial charge in [-0.3, -0.25) is 0 Å². The van der Waals surface area contributed by atoms with E-state index in [1.165, 1.54) is 139 Å². The molecule has 0 saturated heterocycles. The topological polar surface area (TPSA) is 13.0 Å². The third-order valence-corrected chi connectivity index (χ3v) is 25.5. The van der Waals surface area contributed by atoms with Crippen LogP contribution in [0.25, 0.3) is 88.3 Å². The highest BCUT2D eigenvalue weighted by molar-refractivity contribution is 6.03. The second-order valence-electron chi connectivity index (χ2n) is 33.7. The highest BCUT2D eigenvalue weighted by Gasteiger charge is 2.39. The van der Waals surface area contributed by atoms with Crippen LogP contribution >= 0.6 is 0 Å². The van der Waals surface area contributed by atoms with Crippen LogP contribution < -0.4 is 19.6 Å². The number of nitrogens with zero attached hydrogens (tertiary/aromatic N) is 4. The molecule has 0 N–H and O–H groups in total. The molecule has 0 atom stereocenters. The quantitative estimate of drug-likeness (QED) is 0.101. The molecule has 0 amide bonds. The molecule has 0 spiro atoms. The second kappa shape index (κ2) is 29.8.